The van der Waals surface area contributed by atoms with Crippen molar-refractivity contribution in [2.45, 2.75) is 25.5 Å². The van der Waals surface area contributed by atoms with E-state index in [0.717, 1.165) is 0 Å². The highest BCUT2D eigenvalue weighted by molar-refractivity contribution is 5.78. The Balaban J connectivity index is 1.85. The quantitative estimate of drug-likeness (QED) is 0.865. The molecule has 1 fully saturated rings. The lowest BCUT2D eigenvalue weighted by Gasteiger charge is -2.24. The molecule has 3 heteroatoms. The van der Waals surface area contributed by atoms with Gasteiger partial charge in [0.1, 0.15) is 6.23 Å². The third-order valence-electron chi connectivity index (χ3n) is 4.23. The zero-order valence-electron chi connectivity index (χ0n) is 12.8. The van der Waals surface area contributed by atoms with Gasteiger partial charge in [0.05, 0.1) is 6.61 Å². The molecule has 22 heavy (non-hydrogen) atoms. The predicted octanol–water partition coefficient (Wildman–Crippen LogP) is 3.41. The van der Waals surface area contributed by atoms with Gasteiger partial charge in [-0.05, 0) is 18.1 Å². The summed E-state index contributed by atoms with van der Waals surface area (Å²) in [6.45, 7) is 3.26. The normalized spacial score (nSPS) is 17.9. The number of hydrogen-bond donors (Lipinski definition) is 0. The van der Waals surface area contributed by atoms with Gasteiger partial charge in [-0.25, -0.2) is 0 Å². The van der Waals surface area contributed by atoms with Crippen molar-refractivity contribution in [2.24, 2.45) is 0 Å². The van der Waals surface area contributed by atoms with Crippen molar-refractivity contribution < 1.29 is 9.53 Å². The molecule has 0 aliphatic carbocycles. The van der Waals surface area contributed by atoms with Crippen LogP contribution in [-0.4, -0.2) is 30.2 Å². The number of hydrogen-bond acceptors (Lipinski definition) is 2. The molecule has 1 amide bonds. The lowest BCUT2D eigenvalue weighted by Crippen LogP contribution is -2.35. The minimum Gasteiger partial charge on any atom is -0.357 e. The highest BCUT2D eigenvalue weighted by atomic mass is 16.5. The summed E-state index contributed by atoms with van der Waals surface area (Å²) in [6.07, 6.45) is 0.363. The van der Waals surface area contributed by atoms with Gasteiger partial charge in [-0.3, -0.25) is 4.79 Å². The largest absolute Gasteiger partial charge is 0.357 e. The first-order valence-corrected chi connectivity index (χ1v) is 7.76. The Morgan fingerprint density at radius 2 is 1.64 bits per heavy atom. The lowest BCUT2D eigenvalue weighted by atomic mass is 9.88. The molecule has 0 aromatic heterocycles. The molecule has 0 N–H and O–H groups in total. The van der Waals surface area contributed by atoms with Crippen LogP contribution in [0.5, 0.6) is 0 Å². The minimum atomic E-state index is -0.111. The van der Waals surface area contributed by atoms with Gasteiger partial charge in [0.15, 0.2) is 0 Å². The van der Waals surface area contributed by atoms with E-state index in [2.05, 4.69) is 24.3 Å². The molecule has 1 unspecified atom stereocenters. The highest BCUT2D eigenvalue weighted by Crippen LogP contribution is 2.29. The fraction of sp³-hybridized carbons (Fsp3) is 0.316. The second-order valence-corrected chi connectivity index (χ2v) is 5.64. The average Bonchev–Trinajstić information content (AvgIpc) is 3.00. The maximum atomic E-state index is 12.7. The zero-order valence-corrected chi connectivity index (χ0v) is 12.8. The molecule has 1 aliphatic rings. The first-order chi connectivity index (χ1) is 10.8. The van der Waals surface area contributed by atoms with E-state index in [-0.39, 0.29) is 18.1 Å². The molecule has 3 rings (SSSR count). The zero-order chi connectivity index (χ0) is 15.4. The van der Waals surface area contributed by atoms with Crippen LogP contribution in [0.25, 0.3) is 0 Å². The van der Waals surface area contributed by atoms with Gasteiger partial charge in [-0.2, -0.15) is 0 Å². The number of amides is 1. The van der Waals surface area contributed by atoms with Crippen LogP contribution in [0, 0.1) is 0 Å². The Kier molecular flexibility index (Phi) is 4.54. The van der Waals surface area contributed by atoms with Crippen LogP contribution in [0.2, 0.25) is 0 Å². The maximum absolute atomic E-state index is 12.7. The van der Waals surface area contributed by atoms with Gasteiger partial charge in [0, 0.05) is 18.9 Å². The van der Waals surface area contributed by atoms with Gasteiger partial charge < -0.3 is 9.64 Å². The van der Waals surface area contributed by atoms with E-state index in [1.54, 1.807) is 0 Å². The third-order valence-corrected chi connectivity index (χ3v) is 4.23. The first-order valence-electron chi connectivity index (χ1n) is 7.76. The molecule has 3 nitrogen and oxygen atoms in total. The summed E-state index contributed by atoms with van der Waals surface area (Å²) in [7, 11) is 0. The minimum absolute atomic E-state index is 0.0858. The van der Waals surface area contributed by atoms with E-state index in [1.807, 2.05) is 48.2 Å². The van der Waals surface area contributed by atoms with Gasteiger partial charge in [-0.1, -0.05) is 60.7 Å². The maximum Gasteiger partial charge on any atom is 0.225 e. The van der Waals surface area contributed by atoms with E-state index in [0.29, 0.717) is 19.6 Å². The Hall–Kier alpha value is -2.13. The summed E-state index contributed by atoms with van der Waals surface area (Å²) in [5, 5.41) is 0. The molecular weight excluding hydrogens is 274 g/mol. The van der Waals surface area contributed by atoms with Crippen LogP contribution in [0.1, 0.15) is 30.4 Å². The fourth-order valence-electron chi connectivity index (χ4n) is 3.01. The van der Waals surface area contributed by atoms with Gasteiger partial charge in [-0.15, -0.1) is 0 Å². The van der Waals surface area contributed by atoms with Crippen molar-refractivity contribution in [1.29, 1.82) is 0 Å². The topological polar surface area (TPSA) is 29.5 Å². The Bertz CT molecular complexity index is 572. The van der Waals surface area contributed by atoms with E-state index in [9.17, 15) is 4.79 Å². The standard InChI is InChI=1S/C19H21NO2/c1-15-20(12-13-22-15)19(21)14-18(16-8-4-2-5-9-16)17-10-6-3-7-11-17/h2-11,15,18H,12-14H2,1H3. The molecule has 1 saturated heterocycles. The molecule has 0 bridgehead atoms. The van der Waals surface area contributed by atoms with E-state index in [4.69, 9.17) is 4.74 Å². The SMILES string of the molecule is CC1OCCN1C(=O)CC(c1ccccc1)c1ccccc1. The molecule has 0 saturated carbocycles. The molecule has 1 heterocycles. The lowest BCUT2D eigenvalue weighted by molar-refractivity contribution is -0.135. The number of rotatable bonds is 4. The summed E-state index contributed by atoms with van der Waals surface area (Å²) in [6, 6.07) is 20.5. The summed E-state index contributed by atoms with van der Waals surface area (Å²) >= 11 is 0. The van der Waals surface area contributed by atoms with Crippen molar-refractivity contribution in [2.75, 3.05) is 13.2 Å². The van der Waals surface area contributed by atoms with Crippen molar-refractivity contribution in [1.82, 2.24) is 4.90 Å². The van der Waals surface area contributed by atoms with Crippen LogP contribution in [0.15, 0.2) is 60.7 Å². The van der Waals surface area contributed by atoms with Crippen LogP contribution in [-0.2, 0) is 9.53 Å². The van der Waals surface area contributed by atoms with E-state index < -0.39 is 0 Å². The number of ether oxygens (including phenoxy) is 1. The van der Waals surface area contributed by atoms with Crippen molar-refractivity contribution in [3.8, 4) is 0 Å². The van der Waals surface area contributed by atoms with Crippen LogP contribution < -0.4 is 0 Å². The van der Waals surface area contributed by atoms with Crippen LogP contribution >= 0.6 is 0 Å². The Morgan fingerprint density at radius 1 is 1.09 bits per heavy atom. The molecule has 2 aromatic rings. The van der Waals surface area contributed by atoms with Crippen molar-refractivity contribution in [3.63, 3.8) is 0 Å². The van der Waals surface area contributed by atoms with Gasteiger partial charge >= 0.3 is 0 Å². The number of benzene rings is 2. The second kappa shape index (κ2) is 6.75. The fourth-order valence-corrected chi connectivity index (χ4v) is 3.01. The van der Waals surface area contributed by atoms with Gasteiger partial charge in [0.25, 0.3) is 0 Å². The second-order valence-electron chi connectivity index (χ2n) is 5.64. The van der Waals surface area contributed by atoms with Crippen LogP contribution in [0.4, 0.5) is 0 Å². The average molecular weight is 295 g/mol. The van der Waals surface area contributed by atoms with Crippen molar-refractivity contribution >= 4 is 5.91 Å². The smallest absolute Gasteiger partial charge is 0.225 e. The van der Waals surface area contributed by atoms with Crippen molar-refractivity contribution in [3.05, 3.63) is 71.8 Å². The Labute approximate surface area is 131 Å². The molecule has 1 atom stereocenters. The predicted molar refractivity (Wildman–Crippen MR) is 86.5 cm³/mol. The number of carbonyl (C=O) groups is 1. The summed E-state index contributed by atoms with van der Waals surface area (Å²) in [4.78, 5) is 14.5. The van der Waals surface area contributed by atoms with E-state index in [1.165, 1.54) is 11.1 Å². The molecule has 0 radical (unpaired) electrons. The summed E-state index contributed by atoms with van der Waals surface area (Å²) in [5.41, 5.74) is 2.35. The Morgan fingerprint density at radius 3 is 2.09 bits per heavy atom. The highest BCUT2D eigenvalue weighted by Gasteiger charge is 2.28. The monoisotopic (exact) mass is 295 g/mol. The molecule has 0 spiro atoms. The summed E-state index contributed by atoms with van der Waals surface area (Å²) < 4.78 is 5.48. The molecule has 2 aromatic carbocycles. The summed E-state index contributed by atoms with van der Waals surface area (Å²) in [5.74, 6) is 0.241. The van der Waals surface area contributed by atoms with E-state index >= 15 is 0 Å². The molecule has 114 valence electrons. The molecule has 1 aliphatic heterocycles. The number of nitrogens with zero attached hydrogens (tertiary/aromatic N) is 1. The van der Waals surface area contributed by atoms with Gasteiger partial charge in [0.2, 0.25) is 5.91 Å². The third kappa shape index (κ3) is 3.20. The molecular formula is C19H21NO2. The first kappa shape index (κ1) is 14.8. The number of carbonyl (C=O) groups excluding carboxylic acids is 1. The van der Waals surface area contributed by atoms with Crippen LogP contribution in [0.3, 0.4) is 0 Å².